The van der Waals surface area contributed by atoms with Crippen LogP contribution in [0.15, 0.2) is 47.3 Å². The first-order valence-corrected chi connectivity index (χ1v) is 6.27. The van der Waals surface area contributed by atoms with Gasteiger partial charge in [-0.05, 0) is 36.7 Å². The SMILES string of the molecule is O=C(NCCCNCc1cccnc1)c1ccco1. The van der Waals surface area contributed by atoms with Crippen LogP contribution in [0, 0.1) is 0 Å². The predicted octanol–water partition coefficient (Wildman–Crippen LogP) is 1.58. The highest BCUT2D eigenvalue weighted by Gasteiger charge is 2.06. The number of furan rings is 1. The van der Waals surface area contributed by atoms with Gasteiger partial charge in [0.1, 0.15) is 0 Å². The summed E-state index contributed by atoms with van der Waals surface area (Å²) in [7, 11) is 0. The van der Waals surface area contributed by atoms with Crippen molar-refractivity contribution in [1.29, 1.82) is 0 Å². The lowest BCUT2D eigenvalue weighted by molar-refractivity contribution is 0.0925. The van der Waals surface area contributed by atoms with Gasteiger partial charge in [0, 0.05) is 25.5 Å². The Morgan fingerprint density at radius 3 is 2.95 bits per heavy atom. The van der Waals surface area contributed by atoms with E-state index in [-0.39, 0.29) is 5.91 Å². The second-order valence-electron chi connectivity index (χ2n) is 4.12. The molecule has 0 fully saturated rings. The van der Waals surface area contributed by atoms with Crippen molar-refractivity contribution in [3.8, 4) is 0 Å². The first-order valence-electron chi connectivity index (χ1n) is 6.27. The fourth-order valence-corrected chi connectivity index (χ4v) is 1.65. The molecule has 2 aromatic heterocycles. The molecule has 100 valence electrons. The highest BCUT2D eigenvalue weighted by atomic mass is 16.3. The van der Waals surface area contributed by atoms with Crippen LogP contribution in [-0.2, 0) is 6.54 Å². The molecule has 2 heterocycles. The molecule has 0 aliphatic rings. The Balaban J connectivity index is 1.54. The van der Waals surface area contributed by atoms with E-state index < -0.39 is 0 Å². The average Bonchev–Trinajstić information content (AvgIpc) is 2.98. The van der Waals surface area contributed by atoms with Gasteiger partial charge in [-0.3, -0.25) is 9.78 Å². The molecule has 0 radical (unpaired) electrons. The van der Waals surface area contributed by atoms with E-state index in [0.717, 1.165) is 25.1 Å². The van der Waals surface area contributed by atoms with Gasteiger partial charge in [-0.15, -0.1) is 0 Å². The smallest absolute Gasteiger partial charge is 0.286 e. The van der Waals surface area contributed by atoms with Crippen molar-refractivity contribution < 1.29 is 9.21 Å². The minimum atomic E-state index is -0.169. The number of carbonyl (C=O) groups excluding carboxylic acids is 1. The van der Waals surface area contributed by atoms with E-state index in [0.29, 0.717) is 12.3 Å². The average molecular weight is 259 g/mol. The highest BCUT2D eigenvalue weighted by molar-refractivity contribution is 5.91. The van der Waals surface area contributed by atoms with Gasteiger partial charge in [0.2, 0.25) is 0 Å². The normalized spacial score (nSPS) is 10.3. The van der Waals surface area contributed by atoms with Crippen molar-refractivity contribution in [2.75, 3.05) is 13.1 Å². The first-order chi connectivity index (χ1) is 9.36. The first kappa shape index (κ1) is 13.3. The van der Waals surface area contributed by atoms with Gasteiger partial charge in [0.05, 0.1) is 6.26 Å². The third-order valence-corrected chi connectivity index (χ3v) is 2.61. The summed E-state index contributed by atoms with van der Waals surface area (Å²) in [5.74, 6) is 0.181. The number of amides is 1. The molecule has 0 aliphatic carbocycles. The zero-order valence-corrected chi connectivity index (χ0v) is 10.6. The maximum atomic E-state index is 11.5. The molecule has 0 unspecified atom stereocenters. The monoisotopic (exact) mass is 259 g/mol. The van der Waals surface area contributed by atoms with Crippen molar-refractivity contribution in [3.05, 3.63) is 54.2 Å². The van der Waals surface area contributed by atoms with E-state index in [4.69, 9.17) is 4.42 Å². The zero-order chi connectivity index (χ0) is 13.3. The van der Waals surface area contributed by atoms with Gasteiger partial charge in [-0.2, -0.15) is 0 Å². The lowest BCUT2D eigenvalue weighted by Crippen LogP contribution is -2.26. The van der Waals surface area contributed by atoms with Crippen LogP contribution in [0.1, 0.15) is 22.5 Å². The number of carbonyl (C=O) groups is 1. The molecule has 1 amide bonds. The molecule has 5 heteroatoms. The fraction of sp³-hybridized carbons (Fsp3) is 0.286. The summed E-state index contributed by atoms with van der Waals surface area (Å²) in [5, 5.41) is 6.09. The molecule has 2 aromatic rings. The standard InChI is InChI=1S/C14H17N3O2/c18-14(13-5-2-9-19-13)17-8-3-7-16-11-12-4-1-6-15-10-12/h1-2,4-6,9-10,16H,3,7-8,11H2,(H,17,18). The Labute approximate surface area is 112 Å². The fourth-order valence-electron chi connectivity index (χ4n) is 1.65. The maximum absolute atomic E-state index is 11.5. The van der Waals surface area contributed by atoms with Gasteiger partial charge < -0.3 is 15.1 Å². The Hall–Kier alpha value is -2.14. The third kappa shape index (κ3) is 4.56. The second kappa shape index (κ2) is 7.33. The summed E-state index contributed by atoms with van der Waals surface area (Å²) in [6.45, 7) is 2.26. The molecular weight excluding hydrogens is 242 g/mol. The Bertz CT molecular complexity index is 483. The number of nitrogens with one attached hydrogen (secondary N) is 2. The van der Waals surface area contributed by atoms with Crippen molar-refractivity contribution >= 4 is 5.91 Å². The minimum Gasteiger partial charge on any atom is -0.459 e. The van der Waals surface area contributed by atoms with Crippen molar-refractivity contribution in [1.82, 2.24) is 15.6 Å². The van der Waals surface area contributed by atoms with Gasteiger partial charge >= 0.3 is 0 Å². The Morgan fingerprint density at radius 1 is 1.26 bits per heavy atom. The van der Waals surface area contributed by atoms with Gasteiger partial charge in [-0.25, -0.2) is 0 Å². The van der Waals surface area contributed by atoms with Crippen molar-refractivity contribution in [2.24, 2.45) is 0 Å². The summed E-state index contributed by atoms with van der Waals surface area (Å²) in [6, 6.07) is 7.29. The van der Waals surface area contributed by atoms with E-state index >= 15 is 0 Å². The van der Waals surface area contributed by atoms with Gasteiger partial charge in [0.15, 0.2) is 5.76 Å². The summed E-state index contributed by atoms with van der Waals surface area (Å²) >= 11 is 0. The molecule has 2 N–H and O–H groups in total. The molecule has 19 heavy (non-hydrogen) atoms. The van der Waals surface area contributed by atoms with Crippen LogP contribution >= 0.6 is 0 Å². The summed E-state index contributed by atoms with van der Waals surface area (Å²) in [6.07, 6.45) is 5.95. The molecule has 0 saturated heterocycles. The van der Waals surface area contributed by atoms with Crippen LogP contribution in [0.4, 0.5) is 0 Å². The number of aromatic nitrogens is 1. The van der Waals surface area contributed by atoms with Gasteiger partial charge in [-0.1, -0.05) is 6.07 Å². The van der Waals surface area contributed by atoms with Crippen LogP contribution in [-0.4, -0.2) is 24.0 Å². The van der Waals surface area contributed by atoms with E-state index in [1.807, 2.05) is 18.3 Å². The molecule has 2 rings (SSSR count). The maximum Gasteiger partial charge on any atom is 0.286 e. The highest BCUT2D eigenvalue weighted by Crippen LogP contribution is 1.98. The summed E-state index contributed by atoms with van der Waals surface area (Å²) < 4.78 is 5.00. The van der Waals surface area contributed by atoms with Crippen molar-refractivity contribution in [2.45, 2.75) is 13.0 Å². The van der Waals surface area contributed by atoms with Crippen LogP contribution in [0.5, 0.6) is 0 Å². The topological polar surface area (TPSA) is 67.2 Å². The van der Waals surface area contributed by atoms with Crippen LogP contribution in [0.3, 0.4) is 0 Å². The van der Waals surface area contributed by atoms with E-state index in [9.17, 15) is 4.79 Å². The van der Waals surface area contributed by atoms with E-state index in [1.165, 1.54) is 6.26 Å². The molecule has 0 aromatic carbocycles. The third-order valence-electron chi connectivity index (χ3n) is 2.61. The second-order valence-corrected chi connectivity index (χ2v) is 4.12. The number of rotatable bonds is 7. The number of pyridine rings is 1. The Morgan fingerprint density at radius 2 is 2.21 bits per heavy atom. The minimum absolute atomic E-state index is 0.169. The molecule has 0 aliphatic heterocycles. The van der Waals surface area contributed by atoms with E-state index in [2.05, 4.69) is 15.6 Å². The van der Waals surface area contributed by atoms with Crippen LogP contribution in [0.2, 0.25) is 0 Å². The van der Waals surface area contributed by atoms with E-state index in [1.54, 1.807) is 18.3 Å². The quantitative estimate of drug-likeness (QED) is 0.741. The van der Waals surface area contributed by atoms with Crippen LogP contribution < -0.4 is 10.6 Å². The largest absolute Gasteiger partial charge is 0.459 e. The van der Waals surface area contributed by atoms with Gasteiger partial charge in [0.25, 0.3) is 5.91 Å². The number of hydrogen-bond acceptors (Lipinski definition) is 4. The molecule has 0 spiro atoms. The van der Waals surface area contributed by atoms with Crippen LogP contribution in [0.25, 0.3) is 0 Å². The molecule has 5 nitrogen and oxygen atoms in total. The molecule has 0 saturated carbocycles. The number of nitrogens with zero attached hydrogens (tertiary/aromatic N) is 1. The molecule has 0 atom stereocenters. The summed E-state index contributed by atoms with van der Waals surface area (Å²) in [4.78, 5) is 15.6. The number of hydrogen-bond donors (Lipinski definition) is 2. The predicted molar refractivity (Wildman–Crippen MR) is 71.6 cm³/mol. The Kier molecular flexibility index (Phi) is 5.13. The molecule has 0 bridgehead atoms. The summed E-state index contributed by atoms with van der Waals surface area (Å²) in [5.41, 5.74) is 1.15. The lowest BCUT2D eigenvalue weighted by atomic mass is 10.3. The lowest BCUT2D eigenvalue weighted by Gasteiger charge is -2.05. The zero-order valence-electron chi connectivity index (χ0n) is 10.6. The molecular formula is C14H17N3O2. The van der Waals surface area contributed by atoms with Crippen molar-refractivity contribution in [3.63, 3.8) is 0 Å².